The predicted octanol–water partition coefficient (Wildman–Crippen LogP) is -1.36. The maximum atomic E-state index is 2.20. The van der Waals surface area contributed by atoms with Gasteiger partial charge >= 0.3 is 0 Å². The Hall–Kier alpha value is -0.560. The minimum atomic E-state index is 0. The second-order valence-corrected chi connectivity index (χ2v) is 2.89. The van der Waals surface area contributed by atoms with Crippen LogP contribution in [0.5, 0.6) is 0 Å². The first-order chi connectivity index (χ1) is 4.72. The zero-order chi connectivity index (χ0) is 7.56. The van der Waals surface area contributed by atoms with Gasteiger partial charge in [0.15, 0.2) is 11.9 Å². The van der Waals surface area contributed by atoms with E-state index >= 15 is 0 Å². The summed E-state index contributed by atoms with van der Waals surface area (Å²) in [5, 5.41) is 0. The van der Waals surface area contributed by atoms with E-state index in [0.29, 0.717) is 5.92 Å². The molecule has 0 saturated heterocycles. The Bertz CT molecular complexity index is 221. The van der Waals surface area contributed by atoms with Gasteiger partial charge < -0.3 is 12.4 Å². The molecule has 0 aliphatic rings. The van der Waals surface area contributed by atoms with Crippen LogP contribution in [0.15, 0.2) is 24.4 Å². The topological polar surface area (TPSA) is 3.88 Å². The summed E-state index contributed by atoms with van der Waals surface area (Å²) >= 11 is 0. The number of hydrogen-bond donors (Lipinski definition) is 0. The molecule has 11 heavy (non-hydrogen) atoms. The maximum Gasteiger partial charge on any atom is 0.183 e. The molecule has 0 bridgehead atoms. The van der Waals surface area contributed by atoms with Crippen LogP contribution in [0.2, 0.25) is 0 Å². The van der Waals surface area contributed by atoms with E-state index in [2.05, 4.69) is 43.8 Å². The summed E-state index contributed by atoms with van der Waals surface area (Å²) in [6.45, 7) is 4.41. The molecule has 0 saturated carbocycles. The van der Waals surface area contributed by atoms with E-state index in [0.717, 1.165) is 0 Å². The second-order valence-electron chi connectivity index (χ2n) is 2.89. The van der Waals surface area contributed by atoms with E-state index in [1.807, 2.05) is 6.07 Å². The largest absolute Gasteiger partial charge is 1.00 e. The molecule has 0 aliphatic heterocycles. The quantitative estimate of drug-likeness (QED) is 0.460. The molecule has 0 aromatic carbocycles. The Morgan fingerprint density at radius 2 is 1.91 bits per heavy atom. The number of rotatable bonds is 1. The van der Waals surface area contributed by atoms with Crippen LogP contribution in [0, 0.1) is 0 Å². The summed E-state index contributed by atoms with van der Waals surface area (Å²) in [6, 6.07) is 6.28. The van der Waals surface area contributed by atoms with Gasteiger partial charge in [-0.3, -0.25) is 0 Å². The van der Waals surface area contributed by atoms with E-state index < -0.39 is 0 Å². The van der Waals surface area contributed by atoms with Gasteiger partial charge in [0.25, 0.3) is 0 Å². The molecule has 2 heteroatoms. The van der Waals surface area contributed by atoms with Gasteiger partial charge in [0.2, 0.25) is 0 Å². The van der Waals surface area contributed by atoms with Crippen molar-refractivity contribution in [3.05, 3.63) is 30.1 Å². The van der Waals surface area contributed by atoms with Crippen LogP contribution >= 0.6 is 0 Å². The Labute approximate surface area is 74.5 Å². The molecule has 0 spiro atoms. The van der Waals surface area contributed by atoms with Crippen molar-refractivity contribution in [3.8, 4) is 0 Å². The number of pyridine rings is 1. The lowest BCUT2D eigenvalue weighted by Crippen LogP contribution is -3.00. The molecule has 0 atom stereocenters. The molecule has 0 N–H and O–H groups in total. The zero-order valence-electron chi connectivity index (χ0n) is 7.21. The number of aromatic nitrogens is 1. The van der Waals surface area contributed by atoms with Crippen molar-refractivity contribution in [2.24, 2.45) is 7.05 Å². The molecular formula is C9H14ClN. The van der Waals surface area contributed by atoms with Crippen molar-refractivity contribution in [1.82, 2.24) is 0 Å². The fourth-order valence-electron chi connectivity index (χ4n) is 1.14. The molecule has 0 amide bonds. The van der Waals surface area contributed by atoms with Gasteiger partial charge in [0.05, 0.1) is 0 Å². The highest BCUT2D eigenvalue weighted by Crippen LogP contribution is 2.06. The second kappa shape index (κ2) is 4.35. The molecule has 1 nitrogen and oxygen atoms in total. The van der Waals surface area contributed by atoms with E-state index in [9.17, 15) is 0 Å². The summed E-state index contributed by atoms with van der Waals surface area (Å²) in [7, 11) is 2.08. The average molecular weight is 172 g/mol. The van der Waals surface area contributed by atoms with E-state index in [4.69, 9.17) is 0 Å². The van der Waals surface area contributed by atoms with Gasteiger partial charge in [-0.15, -0.1) is 0 Å². The van der Waals surface area contributed by atoms with Crippen LogP contribution in [0.25, 0.3) is 0 Å². The summed E-state index contributed by atoms with van der Waals surface area (Å²) in [4.78, 5) is 0. The van der Waals surface area contributed by atoms with Crippen molar-refractivity contribution in [2.45, 2.75) is 19.8 Å². The number of halogens is 1. The third-order valence-electron chi connectivity index (χ3n) is 1.69. The summed E-state index contributed by atoms with van der Waals surface area (Å²) < 4.78 is 2.16. The fraction of sp³-hybridized carbons (Fsp3) is 0.444. The Balaban J connectivity index is 0.000001000. The van der Waals surface area contributed by atoms with E-state index in [1.165, 1.54) is 5.69 Å². The van der Waals surface area contributed by atoms with Gasteiger partial charge in [-0.1, -0.05) is 19.9 Å². The van der Waals surface area contributed by atoms with Crippen molar-refractivity contribution < 1.29 is 17.0 Å². The lowest BCUT2D eigenvalue weighted by molar-refractivity contribution is -0.680. The zero-order valence-corrected chi connectivity index (χ0v) is 7.97. The Morgan fingerprint density at radius 1 is 1.27 bits per heavy atom. The number of aryl methyl sites for hydroxylation is 1. The van der Waals surface area contributed by atoms with Gasteiger partial charge in [-0.25, -0.2) is 4.57 Å². The highest BCUT2D eigenvalue weighted by atomic mass is 35.5. The van der Waals surface area contributed by atoms with Gasteiger partial charge in [0.1, 0.15) is 7.05 Å². The first-order valence-electron chi connectivity index (χ1n) is 3.66. The first kappa shape index (κ1) is 10.4. The minimum Gasteiger partial charge on any atom is -1.00 e. The predicted molar refractivity (Wildman–Crippen MR) is 41.7 cm³/mol. The molecule has 0 radical (unpaired) electrons. The van der Waals surface area contributed by atoms with Gasteiger partial charge in [-0.05, 0) is 0 Å². The Kier molecular flexibility index (Phi) is 4.12. The van der Waals surface area contributed by atoms with Crippen molar-refractivity contribution >= 4 is 0 Å². The SMILES string of the molecule is CC(C)c1cccc[n+]1C.[Cl-]. The molecule has 0 aliphatic carbocycles. The smallest absolute Gasteiger partial charge is 0.183 e. The van der Waals surface area contributed by atoms with Crippen LogP contribution in [-0.2, 0) is 7.05 Å². The van der Waals surface area contributed by atoms with Crippen LogP contribution in [0.1, 0.15) is 25.5 Å². The summed E-state index contributed by atoms with van der Waals surface area (Å²) in [5.41, 5.74) is 1.38. The average Bonchev–Trinajstić information content (AvgIpc) is 1.88. The summed E-state index contributed by atoms with van der Waals surface area (Å²) in [6.07, 6.45) is 2.08. The Morgan fingerprint density at radius 3 is 2.27 bits per heavy atom. The maximum absolute atomic E-state index is 2.20. The highest BCUT2D eigenvalue weighted by Gasteiger charge is 2.07. The van der Waals surface area contributed by atoms with Crippen LogP contribution in [0.3, 0.4) is 0 Å². The van der Waals surface area contributed by atoms with Gasteiger partial charge in [-0.2, -0.15) is 0 Å². The molecule has 1 aromatic rings. The molecule has 62 valence electrons. The highest BCUT2D eigenvalue weighted by molar-refractivity contribution is 5.00. The van der Waals surface area contributed by atoms with Gasteiger partial charge in [0, 0.05) is 18.1 Å². The number of hydrogen-bond acceptors (Lipinski definition) is 0. The molecule has 0 fully saturated rings. The van der Waals surface area contributed by atoms with Crippen LogP contribution in [0.4, 0.5) is 0 Å². The molecule has 1 aromatic heterocycles. The standard InChI is InChI=1S/C9H14N.ClH/c1-8(2)9-6-4-5-7-10(9)3;/h4-8H,1-3H3;1H/q+1;/p-1. The minimum absolute atomic E-state index is 0. The molecule has 1 heterocycles. The number of nitrogens with zero attached hydrogens (tertiary/aromatic N) is 1. The summed E-state index contributed by atoms with van der Waals surface area (Å²) in [5.74, 6) is 0.617. The molecule has 0 unspecified atom stereocenters. The molecule has 1 rings (SSSR count). The fourth-order valence-corrected chi connectivity index (χ4v) is 1.14. The van der Waals surface area contributed by atoms with Crippen LogP contribution in [-0.4, -0.2) is 0 Å². The van der Waals surface area contributed by atoms with Crippen LogP contribution < -0.4 is 17.0 Å². The normalized spacial score (nSPS) is 9.45. The lowest BCUT2D eigenvalue weighted by Gasteiger charge is -2.00. The van der Waals surface area contributed by atoms with Crippen molar-refractivity contribution in [1.29, 1.82) is 0 Å². The third kappa shape index (κ3) is 2.51. The first-order valence-corrected chi connectivity index (χ1v) is 3.66. The molecular weight excluding hydrogens is 158 g/mol. The van der Waals surface area contributed by atoms with Crippen molar-refractivity contribution in [3.63, 3.8) is 0 Å². The van der Waals surface area contributed by atoms with Crippen molar-refractivity contribution in [2.75, 3.05) is 0 Å². The lowest BCUT2D eigenvalue weighted by atomic mass is 10.1. The van der Waals surface area contributed by atoms with E-state index in [1.54, 1.807) is 0 Å². The van der Waals surface area contributed by atoms with E-state index in [-0.39, 0.29) is 12.4 Å². The third-order valence-corrected chi connectivity index (χ3v) is 1.69. The monoisotopic (exact) mass is 171 g/mol.